The van der Waals surface area contributed by atoms with E-state index in [-0.39, 0.29) is 5.91 Å². The standard InChI is InChI=1S/C19H17N3O/c20-12-9-15-5-7-17(8-6-15)21-19(23)11-14-22-13-10-16-3-1-2-4-18(16)22/h1-8,10,13H,9,11,14H2,(H,21,23). The lowest BCUT2D eigenvalue weighted by atomic mass is 10.1. The predicted octanol–water partition coefficient (Wildman–Crippen LogP) is 3.74. The molecule has 0 aliphatic heterocycles. The van der Waals surface area contributed by atoms with Crippen LogP contribution in [0, 0.1) is 11.3 Å². The third-order valence-corrected chi connectivity index (χ3v) is 3.78. The summed E-state index contributed by atoms with van der Waals surface area (Å²) in [6.45, 7) is 0.645. The first-order valence-electron chi connectivity index (χ1n) is 7.56. The van der Waals surface area contributed by atoms with Crippen LogP contribution >= 0.6 is 0 Å². The van der Waals surface area contributed by atoms with Crippen molar-refractivity contribution in [1.82, 2.24) is 4.57 Å². The number of benzene rings is 2. The first-order valence-corrected chi connectivity index (χ1v) is 7.56. The summed E-state index contributed by atoms with van der Waals surface area (Å²) in [6.07, 6.45) is 2.81. The van der Waals surface area contributed by atoms with Crippen LogP contribution in [0.3, 0.4) is 0 Å². The highest BCUT2D eigenvalue weighted by Crippen LogP contribution is 2.16. The minimum absolute atomic E-state index is 0.0178. The lowest BCUT2D eigenvalue weighted by Gasteiger charge is -2.07. The number of rotatable bonds is 5. The minimum atomic E-state index is -0.0178. The fraction of sp³-hybridized carbons (Fsp3) is 0.158. The van der Waals surface area contributed by atoms with Gasteiger partial charge in [0.1, 0.15) is 0 Å². The van der Waals surface area contributed by atoms with Crippen molar-refractivity contribution in [2.24, 2.45) is 0 Å². The van der Waals surface area contributed by atoms with E-state index < -0.39 is 0 Å². The van der Waals surface area contributed by atoms with Crippen LogP contribution in [0.1, 0.15) is 12.0 Å². The van der Waals surface area contributed by atoms with E-state index in [1.807, 2.05) is 42.6 Å². The maximum atomic E-state index is 12.1. The minimum Gasteiger partial charge on any atom is -0.347 e. The van der Waals surface area contributed by atoms with E-state index in [1.54, 1.807) is 0 Å². The van der Waals surface area contributed by atoms with E-state index in [9.17, 15) is 4.79 Å². The number of nitrogens with one attached hydrogen (secondary N) is 1. The second-order valence-electron chi connectivity index (χ2n) is 5.40. The Kier molecular flexibility index (Phi) is 4.39. The van der Waals surface area contributed by atoms with Gasteiger partial charge in [-0.1, -0.05) is 30.3 Å². The molecule has 4 heteroatoms. The summed E-state index contributed by atoms with van der Waals surface area (Å²) >= 11 is 0. The van der Waals surface area contributed by atoms with Crippen molar-refractivity contribution < 1.29 is 4.79 Å². The maximum Gasteiger partial charge on any atom is 0.226 e. The Labute approximate surface area is 135 Å². The van der Waals surface area contributed by atoms with Gasteiger partial charge in [-0.05, 0) is 35.2 Å². The highest BCUT2D eigenvalue weighted by Gasteiger charge is 2.05. The monoisotopic (exact) mass is 303 g/mol. The second kappa shape index (κ2) is 6.80. The van der Waals surface area contributed by atoms with Crippen LogP contribution in [0.15, 0.2) is 60.8 Å². The summed E-state index contributed by atoms with van der Waals surface area (Å²) in [5, 5.41) is 12.7. The third kappa shape index (κ3) is 3.58. The molecule has 2 aromatic carbocycles. The van der Waals surface area contributed by atoms with Crippen LogP contribution in [-0.4, -0.2) is 10.5 Å². The number of nitrogens with zero attached hydrogens (tertiary/aromatic N) is 2. The molecule has 1 heterocycles. The Hall–Kier alpha value is -3.06. The molecule has 0 aliphatic carbocycles. The van der Waals surface area contributed by atoms with E-state index in [0.29, 0.717) is 19.4 Å². The number of carbonyl (C=O) groups excluding carboxylic acids is 1. The summed E-state index contributed by atoms with van der Waals surface area (Å²) in [7, 11) is 0. The lowest BCUT2D eigenvalue weighted by Crippen LogP contribution is -2.14. The van der Waals surface area contributed by atoms with Crippen molar-refractivity contribution in [2.75, 3.05) is 5.32 Å². The fourth-order valence-electron chi connectivity index (χ4n) is 2.58. The quantitative estimate of drug-likeness (QED) is 0.780. The van der Waals surface area contributed by atoms with Gasteiger partial charge in [-0.25, -0.2) is 0 Å². The van der Waals surface area contributed by atoms with Gasteiger partial charge in [-0.3, -0.25) is 4.79 Å². The zero-order chi connectivity index (χ0) is 16.1. The molecule has 0 bridgehead atoms. The number of nitriles is 1. The van der Waals surface area contributed by atoms with Gasteiger partial charge in [0.05, 0.1) is 12.5 Å². The third-order valence-electron chi connectivity index (χ3n) is 3.78. The number of amides is 1. The van der Waals surface area contributed by atoms with Gasteiger partial charge in [0.25, 0.3) is 0 Å². The van der Waals surface area contributed by atoms with E-state index in [1.165, 1.54) is 5.39 Å². The molecule has 23 heavy (non-hydrogen) atoms. The summed E-state index contributed by atoms with van der Waals surface area (Å²) < 4.78 is 2.09. The normalized spacial score (nSPS) is 10.4. The van der Waals surface area contributed by atoms with Crippen LogP contribution < -0.4 is 5.32 Å². The average Bonchev–Trinajstić information content (AvgIpc) is 2.98. The molecule has 4 nitrogen and oxygen atoms in total. The van der Waals surface area contributed by atoms with Gasteiger partial charge in [0.2, 0.25) is 5.91 Å². The van der Waals surface area contributed by atoms with Gasteiger partial charge >= 0.3 is 0 Å². The molecule has 0 spiro atoms. The van der Waals surface area contributed by atoms with E-state index >= 15 is 0 Å². The highest BCUT2D eigenvalue weighted by atomic mass is 16.1. The molecule has 0 aliphatic rings. The van der Waals surface area contributed by atoms with Crippen molar-refractivity contribution >= 4 is 22.5 Å². The Bertz CT molecular complexity index is 856. The van der Waals surface area contributed by atoms with Crippen molar-refractivity contribution in [1.29, 1.82) is 5.26 Å². The zero-order valence-electron chi connectivity index (χ0n) is 12.7. The molecule has 1 amide bonds. The summed E-state index contributed by atoms with van der Waals surface area (Å²) in [5.41, 5.74) is 2.85. The highest BCUT2D eigenvalue weighted by molar-refractivity contribution is 5.90. The molecule has 0 unspecified atom stereocenters. The van der Waals surface area contributed by atoms with Crippen LogP contribution in [0.5, 0.6) is 0 Å². The lowest BCUT2D eigenvalue weighted by molar-refractivity contribution is -0.116. The largest absolute Gasteiger partial charge is 0.347 e. The Balaban J connectivity index is 1.58. The number of aromatic nitrogens is 1. The van der Waals surface area contributed by atoms with Crippen molar-refractivity contribution in [3.05, 3.63) is 66.4 Å². The Morgan fingerprint density at radius 3 is 2.65 bits per heavy atom. The molecule has 0 saturated carbocycles. The van der Waals surface area contributed by atoms with Crippen LogP contribution in [-0.2, 0) is 17.8 Å². The topological polar surface area (TPSA) is 57.8 Å². The zero-order valence-corrected chi connectivity index (χ0v) is 12.7. The van der Waals surface area contributed by atoms with E-state index in [4.69, 9.17) is 5.26 Å². The van der Waals surface area contributed by atoms with Gasteiger partial charge in [0, 0.05) is 30.4 Å². The van der Waals surface area contributed by atoms with Crippen LogP contribution in [0.4, 0.5) is 5.69 Å². The maximum absolute atomic E-state index is 12.1. The first-order chi connectivity index (χ1) is 11.3. The number of hydrogen-bond donors (Lipinski definition) is 1. The van der Waals surface area contributed by atoms with Gasteiger partial charge in [0.15, 0.2) is 0 Å². The average molecular weight is 303 g/mol. The number of hydrogen-bond acceptors (Lipinski definition) is 2. The molecular formula is C19H17N3O. The molecule has 0 atom stereocenters. The molecule has 0 fully saturated rings. The van der Waals surface area contributed by atoms with Crippen molar-refractivity contribution in [3.63, 3.8) is 0 Å². The van der Waals surface area contributed by atoms with Crippen molar-refractivity contribution in [3.8, 4) is 6.07 Å². The molecule has 0 radical (unpaired) electrons. The molecule has 3 rings (SSSR count). The number of anilines is 1. The van der Waals surface area contributed by atoms with E-state index in [2.05, 4.69) is 34.2 Å². The molecule has 0 saturated heterocycles. The van der Waals surface area contributed by atoms with E-state index in [0.717, 1.165) is 16.8 Å². The van der Waals surface area contributed by atoms with Gasteiger partial charge in [-0.2, -0.15) is 5.26 Å². The number of fused-ring (bicyclic) bond motifs is 1. The summed E-state index contributed by atoms with van der Waals surface area (Å²) in [6, 6.07) is 19.7. The van der Waals surface area contributed by atoms with Gasteiger partial charge in [-0.15, -0.1) is 0 Å². The summed E-state index contributed by atoms with van der Waals surface area (Å²) in [5.74, 6) is -0.0178. The predicted molar refractivity (Wildman–Crippen MR) is 90.9 cm³/mol. The number of para-hydroxylation sites is 1. The first kappa shape index (κ1) is 14.9. The molecule has 114 valence electrons. The summed E-state index contributed by atoms with van der Waals surface area (Å²) in [4.78, 5) is 12.1. The second-order valence-corrected chi connectivity index (χ2v) is 5.40. The number of aryl methyl sites for hydroxylation is 1. The Morgan fingerprint density at radius 2 is 1.87 bits per heavy atom. The smallest absolute Gasteiger partial charge is 0.226 e. The molecule has 1 aromatic heterocycles. The molecular weight excluding hydrogens is 286 g/mol. The number of carbonyl (C=O) groups is 1. The fourth-order valence-corrected chi connectivity index (χ4v) is 2.58. The van der Waals surface area contributed by atoms with Crippen LogP contribution in [0.25, 0.3) is 10.9 Å². The molecule has 1 N–H and O–H groups in total. The van der Waals surface area contributed by atoms with Crippen LogP contribution in [0.2, 0.25) is 0 Å². The molecule has 3 aromatic rings. The SMILES string of the molecule is N#CCc1ccc(NC(=O)CCn2ccc3ccccc32)cc1. The Morgan fingerprint density at radius 1 is 1.09 bits per heavy atom. The van der Waals surface area contributed by atoms with Gasteiger partial charge < -0.3 is 9.88 Å². The van der Waals surface area contributed by atoms with Crippen molar-refractivity contribution in [2.45, 2.75) is 19.4 Å².